The van der Waals surface area contributed by atoms with Gasteiger partial charge >= 0.3 is 0 Å². The lowest BCUT2D eigenvalue weighted by atomic mass is 9.89. The van der Waals surface area contributed by atoms with Gasteiger partial charge in [-0.15, -0.1) is 0 Å². The second kappa shape index (κ2) is 7.65. The molecular formula is C16H23Cl2NO. The standard InChI is InChI=1S/C16H23Cl2NO/c1-11(2)9-19-10-12-4-3-5-20-16(12)13-6-14(17)8-15(18)7-13/h6-8,11-12,16,19H,3-5,9-10H2,1-2H3. The van der Waals surface area contributed by atoms with Crippen molar-refractivity contribution in [1.82, 2.24) is 5.32 Å². The van der Waals surface area contributed by atoms with Crippen LogP contribution in [0, 0.1) is 11.8 Å². The van der Waals surface area contributed by atoms with Crippen molar-refractivity contribution >= 4 is 23.2 Å². The highest BCUT2D eigenvalue weighted by molar-refractivity contribution is 6.34. The highest BCUT2D eigenvalue weighted by atomic mass is 35.5. The normalized spacial score (nSPS) is 23.2. The first-order valence-corrected chi connectivity index (χ1v) is 8.10. The van der Waals surface area contributed by atoms with Gasteiger partial charge in [0.05, 0.1) is 6.10 Å². The van der Waals surface area contributed by atoms with Crippen molar-refractivity contribution in [3.8, 4) is 0 Å². The highest BCUT2D eigenvalue weighted by Crippen LogP contribution is 2.35. The molecule has 0 aliphatic carbocycles. The molecule has 4 heteroatoms. The van der Waals surface area contributed by atoms with Crippen LogP contribution in [-0.2, 0) is 4.74 Å². The van der Waals surface area contributed by atoms with E-state index in [4.69, 9.17) is 27.9 Å². The molecule has 2 unspecified atom stereocenters. The van der Waals surface area contributed by atoms with Gasteiger partial charge in [-0.2, -0.15) is 0 Å². The van der Waals surface area contributed by atoms with E-state index >= 15 is 0 Å². The molecular weight excluding hydrogens is 293 g/mol. The third kappa shape index (κ3) is 4.63. The van der Waals surface area contributed by atoms with Gasteiger partial charge in [0.25, 0.3) is 0 Å². The molecule has 1 saturated heterocycles. The minimum absolute atomic E-state index is 0.0969. The molecule has 1 fully saturated rings. The maximum absolute atomic E-state index is 6.11. The molecule has 0 spiro atoms. The van der Waals surface area contributed by atoms with Crippen molar-refractivity contribution in [2.45, 2.75) is 32.8 Å². The first-order chi connectivity index (χ1) is 9.56. The fourth-order valence-electron chi connectivity index (χ4n) is 2.72. The topological polar surface area (TPSA) is 21.3 Å². The number of benzene rings is 1. The average Bonchev–Trinajstić information content (AvgIpc) is 2.37. The van der Waals surface area contributed by atoms with E-state index < -0.39 is 0 Å². The van der Waals surface area contributed by atoms with Gasteiger partial charge in [-0.3, -0.25) is 0 Å². The Morgan fingerprint density at radius 1 is 1.25 bits per heavy atom. The zero-order valence-electron chi connectivity index (χ0n) is 12.2. The van der Waals surface area contributed by atoms with Crippen molar-refractivity contribution < 1.29 is 4.74 Å². The quantitative estimate of drug-likeness (QED) is 0.849. The molecule has 2 atom stereocenters. The van der Waals surface area contributed by atoms with Crippen LogP contribution in [0.5, 0.6) is 0 Å². The van der Waals surface area contributed by atoms with Gasteiger partial charge in [-0.25, -0.2) is 0 Å². The van der Waals surface area contributed by atoms with Crippen LogP contribution in [0.4, 0.5) is 0 Å². The first-order valence-electron chi connectivity index (χ1n) is 7.34. The van der Waals surface area contributed by atoms with Gasteiger partial charge < -0.3 is 10.1 Å². The van der Waals surface area contributed by atoms with Crippen LogP contribution < -0.4 is 5.32 Å². The molecule has 2 nitrogen and oxygen atoms in total. The Bertz CT molecular complexity index is 416. The number of ether oxygens (including phenoxy) is 1. The van der Waals surface area contributed by atoms with Crippen LogP contribution in [-0.4, -0.2) is 19.7 Å². The van der Waals surface area contributed by atoms with E-state index in [1.54, 1.807) is 6.07 Å². The Morgan fingerprint density at radius 2 is 1.95 bits per heavy atom. The molecule has 20 heavy (non-hydrogen) atoms. The Balaban J connectivity index is 2.05. The average molecular weight is 316 g/mol. The number of hydrogen-bond donors (Lipinski definition) is 1. The minimum atomic E-state index is 0.0969. The third-order valence-corrected chi connectivity index (χ3v) is 4.05. The van der Waals surface area contributed by atoms with E-state index in [2.05, 4.69) is 19.2 Å². The Kier molecular flexibility index (Phi) is 6.16. The van der Waals surface area contributed by atoms with E-state index in [0.717, 1.165) is 31.7 Å². The molecule has 1 aliphatic rings. The summed E-state index contributed by atoms with van der Waals surface area (Å²) in [5, 5.41) is 4.89. The molecule has 0 amide bonds. The van der Waals surface area contributed by atoms with Gasteiger partial charge in [0.15, 0.2) is 0 Å². The van der Waals surface area contributed by atoms with Crippen LogP contribution in [0.25, 0.3) is 0 Å². The van der Waals surface area contributed by atoms with Crippen LogP contribution in [0.15, 0.2) is 18.2 Å². The lowest BCUT2D eigenvalue weighted by molar-refractivity contribution is -0.0278. The van der Waals surface area contributed by atoms with Crippen LogP contribution >= 0.6 is 23.2 Å². The lowest BCUT2D eigenvalue weighted by Crippen LogP contribution is -2.33. The summed E-state index contributed by atoms with van der Waals surface area (Å²) in [5.41, 5.74) is 1.10. The van der Waals surface area contributed by atoms with Gasteiger partial charge in [0.2, 0.25) is 0 Å². The smallest absolute Gasteiger partial charge is 0.0866 e. The summed E-state index contributed by atoms with van der Waals surface area (Å²) in [6.07, 6.45) is 2.40. The van der Waals surface area contributed by atoms with Gasteiger partial charge in [-0.1, -0.05) is 37.0 Å². The monoisotopic (exact) mass is 315 g/mol. The summed E-state index contributed by atoms with van der Waals surface area (Å²) < 4.78 is 5.99. The van der Waals surface area contributed by atoms with Crippen LogP contribution in [0.3, 0.4) is 0 Å². The van der Waals surface area contributed by atoms with Crippen molar-refractivity contribution in [1.29, 1.82) is 0 Å². The maximum atomic E-state index is 6.11. The summed E-state index contributed by atoms with van der Waals surface area (Å²) in [7, 11) is 0. The number of nitrogens with one attached hydrogen (secondary N) is 1. The molecule has 1 aromatic rings. The largest absolute Gasteiger partial charge is 0.373 e. The van der Waals surface area contributed by atoms with E-state index in [9.17, 15) is 0 Å². The molecule has 0 saturated carbocycles. The van der Waals surface area contributed by atoms with E-state index in [1.807, 2.05) is 12.1 Å². The fraction of sp³-hybridized carbons (Fsp3) is 0.625. The SMILES string of the molecule is CC(C)CNCC1CCCOC1c1cc(Cl)cc(Cl)c1. The Hall–Kier alpha value is -0.280. The fourth-order valence-corrected chi connectivity index (χ4v) is 3.26. The third-order valence-electron chi connectivity index (χ3n) is 3.62. The van der Waals surface area contributed by atoms with Gasteiger partial charge in [0, 0.05) is 29.1 Å². The van der Waals surface area contributed by atoms with Crippen LogP contribution in [0.2, 0.25) is 10.0 Å². The molecule has 0 bridgehead atoms. The summed E-state index contributed by atoms with van der Waals surface area (Å²) in [6.45, 7) is 7.28. The van der Waals surface area contributed by atoms with Gasteiger partial charge in [0.1, 0.15) is 0 Å². The molecule has 1 aliphatic heterocycles. The van der Waals surface area contributed by atoms with Crippen molar-refractivity contribution in [3.63, 3.8) is 0 Å². The molecule has 2 rings (SSSR count). The number of halogens is 2. The second-order valence-electron chi connectivity index (χ2n) is 5.95. The zero-order valence-corrected chi connectivity index (χ0v) is 13.7. The zero-order chi connectivity index (χ0) is 14.5. The summed E-state index contributed by atoms with van der Waals surface area (Å²) >= 11 is 12.2. The van der Waals surface area contributed by atoms with Gasteiger partial charge in [-0.05, 0) is 49.1 Å². The number of hydrogen-bond acceptors (Lipinski definition) is 2. The summed E-state index contributed by atoms with van der Waals surface area (Å²) in [4.78, 5) is 0. The van der Waals surface area contributed by atoms with E-state index in [1.165, 1.54) is 6.42 Å². The van der Waals surface area contributed by atoms with Crippen molar-refractivity contribution in [2.24, 2.45) is 11.8 Å². The molecule has 112 valence electrons. The molecule has 1 heterocycles. The Morgan fingerprint density at radius 3 is 2.60 bits per heavy atom. The van der Waals surface area contributed by atoms with E-state index in [0.29, 0.717) is 21.9 Å². The summed E-state index contributed by atoms with van der Waals surface area (Å²) in [5.74, 6) is 1.15. The van der Waals surface area contributed by atoms with Crippen molar-refractivity contribution in [2.75, 3.05) is 19.7 Å². The predicted molar refractivity (Wildman–Crippen MR) is 85.6 cm³/mol. The minimum Gasteiger partial charge on any atom is -0.373 e. The molecule has 1 N–H and O–H groups in total. The molecule has 0 aromatic heterocycles. The predicted octanol–water partition coefficient (Wildman–Crippen LogP) is 4.71. The molecule has 0 radical (unpaired) electrons. The maximum Gasteiger partial charge on any atom is 0.0866 e. The Labute approximate surface area is 131 Å². The molecule has 1 aromatic carbocycles. The lowest BCUT2D eigenvalue weighted by Gasteiger charge is -2.32. The second-order valence-corrected chi connectivity index (χ2v) is 6.82. The number of rotatable bonds is 5. The first kappa shape index (κ1) is 16.1. The summed E-state index contributed by atoms with van der Waals surface area (Å²) in [6, 6.07) is 5.71. The highest BCUT2D eigenvalue weighted by Gasteiger charge is 2.27. The van der Waals surface area contributed by atoms with E-state index in [-0.39, 0.29) is 6.10 Å². The van der Waals surface area contributed by atoms with Crippen LogP contribution in [0.1, 0.15) is 38.4 Å². The van der Waals surface area contributed by atoms with Crippen molar-refractivity contribution in [3.05, 3.63) is 33.8 Å².